The monoisotopic (exact) mass is 375 g/mol. The largest absolute Gasteiger partial charge is 0.496 e. The molecule has 1 aliphatic carbocycles. The van der Waals surface area contributed by atoms with Crippen molar-refractivity contribution >= 4 is 17.2 Å². The number of aromatic nitrogens is 4. The standard InChI is InChI=1S/C21H21N5O2/c1-12-9-26-10-17(14-4-5-14)25-20(21(26)23-12)24-15-6-7-16(18(8-15)27-3)19-13(2)22-11-28-19/h6-11,14H,4-5H2,1-3H3,(H,24,25). The van der Waals surface area contributed by atoms with E-state index in [1.165, 1.54) is 19.2 Å². The van der Waals surface area contributed by atoms with Gasteiger partial charge in [-0.15, -0.1) is 0 Å². The molecule has 7 heteroatoms. The lowest BCUT2D eigenvalue weighted by Crippen LogP contribution is -2.02. The Kier molecular flexibility index (Phi) is 3.82. The van der Waals surface area contributed by atoms with E-state index < -0.39 is 0 Å². The van der Waals surface area contributed by atoms with Gasteiger partial charge >= 0.3 is 0 Å². The van der Waals surface area contributed by atoms with Crippen molar-refractivity contribution in [3.8, 4) is 17.1 Å². The molecule has 28 heavy (non-hydrogen) atoms. The van der Waals surface area contributed by atoms with Gasteiger partial charge in [0.15, 0.2) is 23.6 Å². The van der Waals surface area contributed by atoms with Crippen molar-refractivity contribution < 1.29 is 9.15 Å². The van der Waals surface area contributed by atoms with Gasteiger partial charge in [0.1, 0.15) is 5.75 Å². The molecule has 0 unspecified atom stereocenters. The maximum atomic E-state index is 5.60. The Balaban J connectivity index is 1.55. The van der Waals surface area contributed by atoms with Crippen molar-refractivity contribution in [1.29, 1.82) is 0 Å². The zero-order valence-electron chi connectivity index (χ0n) is 16.1. The van der Waals surface area contributed by atoms with Gasteiger partial charge in [-0.05, 0) is 38.8 Å². The summed E-state index contributed by atoms with van der Waals surface area (Å²) in [7, 11) is 1.65. The Hall–Kier alpha value is -3.35. The average molecular weight is 375 g/mol. The smallest absolute Gasteiger partial charge is 0.181 e. The number of hydrogen-bond acceptors (Lipinski definition) is 6. The normalized spacial score (nSPS) is 13.8. The summed E-state index contributed by atoms with van der Waals surface area (Å²) in [6.07, 6.45) is 7.97. The van der Waals surface area contributed by atoms with Crippen LogP contribution in [0.15, 0.2) is 41.4 Å². The van der Waals surface area contributed by atoms with Crippen LogP contribution in [0.2, 0.25) is 0 Å². The molecular weight excluding hydrogens is 354 g/mol. The molecule has 1 N–H and O–H groups in total. The lowest BCUT2D eigenvalue weighted by atomic mass is 10.1. The first-order chi connectivity index (χ1) is 13.6. The summed E-state index contributed by atoms with van der Waals surface area (Å²) in [5.74, 6) is 2.73. The predicted molar refractivity (Wildman–Crippen MR) is 106 cm³/mol. The first-order valence-electron chi connectivity index (χ1n) is 9.34. The van der Waals surface area contributed by atoms with Gasteiger partial charge < -0.3 is 18.9 Å². The number of oxazole rings is 1. The van der Waals surface area contributed by atoms with Crippen LogP contribution < -0.4 is 10.1 Å². The molecule has 5 rings (SSSR count). The average Bonchev–Trinajstić information content (AvgIpc) is 3.34. The highest BCUT2D eigenvalue weighted by molar-refractivity contribution is 5.76. The van der Waals surface area contributed by atoms with Crippen LogP contribution in [0.3, 0.4) is 0 Å². The lowest BCUT2D eigenvalue weighted by Gasteiger charge is -2.12. The molecule has 3 heterocycles. The summed E-state index contributed by atoms with van der Waals surface area (Å²) in [6.45, 7) is 3.90. The fourth-order valence-electron chi connectivity index (χ4n) is 3.45. The van der Waals surface area contributed by atoms with Gasteiger partial charge in [0.25, 0.3) is 0 Å². The number of fused-ring (bicyclic) bond motifs is 1. The first-order valence-corrected chi connectivity index (χ1v) is 9.34. The second kappa shape index (κ2) is 6.37. The summed E-state index contributed by atoms with van der Waals surface area (Å²) in [5.41, 5.74) is 5.45. The minimum absolute atomic E-state index is 0.555. The fraction of sp³-hybridized carbons (Fsp3) is 0.286. The summed E-state index contributed by atoms with van der Waals surface area (Å²) in [5, 5.41) is 3.42. The van der Waals surface area contributed by atoms with Crippen molar-refractivity contribution in [2.45, 2.75) is 32.6 Å². The molecule has 142 valence electrons. The highest BCUT2D eigenvalue weighted by atomic mass is 16.5. The van der Waals surface area contributed by atoms with Gasteiger partial charge in [-0.25, -0.2) is 15.0 Å². The fourth-order valence-corrected chi connectivity index (χ4v) is 3.45. The van der Waals surface area contributed by atoms with Crippen LogP contribution in [-0.4, -0.2) is 26.5 Å². The lowest BCUT2D eigenvalue weighted by molar-refractivity contribution is 0.415. The third-order valence-corrected chi connectivity index (χ3v) is 5.03. The number of methoxy groups -OCH3 is 1. The molecule has 3 aromatic heterocycles. The third kappa shape index (κ3) is 2.89. The molecule has 0 spiro atoms. The zero-order chi connectivity index (χ0) is 19.3. The molecule has 0 radical (unpaired) electrons. The van der Waals surface area contributed by atoms with Crippen molar-refractivity contribution in [2.24, 2.45) is 0 Å². The van der Waals surface area contributed by atoms with Crippen molar-refractivity contribution in [2.75, 3.05) is 12.4 Å². The maximum Gasteiger partial charge on any atom is 0.181 e. The van der Waals surface area contributed by atoms with Gasteiger partial charge in [-0.3, -0.25) is 0 Å². The van der Waals surface area contributed by atoms with E-state index in [1.807, 2.05) is 38.2 Å². The Bertz CT molecular complexity index is 1170. The number of imidazole rings is 1. The van der Waals surface area contributed by atoms with Crippen LogP contribution in [0.4, 0.5) is 11.5 Å². The molecule has 0 aliphatic heterocycles. The van der Waals surface area contributed by atoms with Crippen LogP contribution in [-0.2, 0) is 0 Å². The second-order valence-electron chi connectivity index (χ2n) is 7.21. The molecule has 7 nitrogen and oxygen atoms in total. The minimum Gasteiger partial charge on any atom is -0.496 e. The SMILES string of the molecule is COc1cc(Nc2nc(C3CC3)cn3cc(C)nc23)ccc1-c1ocnc1C. The Morgan fingerprint density at radius 3 is 2.75 bits per heavy atom. The molecule has 4 aromatic rings. The number of aryl methyl sites for hydroxylation is 2. The zero-order valence-corrected chi connectivity index (χ0v) is 16.1. The summed E-state index contributed by atoms with van der Waals surface area (Å²) < 4.78 is 13.2. The molecule has 1 aliphatic rings. The molecule has 0 atom stereocenters. The summed E-state index contributed by atoms with van der Waals surface area (Å²) in [6, 6.07) is 5.89. The number of nitrogens with one attached hydrogen (secondary N) is 1. The molecule has 1 aromatic carbocycles. The van der Waals surface area contributed by atoms with Crippen molar-refractivity contribution in [3.05, 3.63) is 54.1 Å². The second-order valence-corrected chi connectivity index (χ2v) is 7.21. The van der Waals surface area contributed by atoms with E-state index in [4.69, 9.17) is 14.1 Å². The number of ether oxygens (including phenoxy) is 1. The van der Waals surface area contributed by atoms with E-state index in [0.717, 1.165) is 39.8 Å². The van der Waals surface area contributed by atoms with E-state index in [9.17, 15) is 0 Å². The van der Waals surface area contributed by atoms with E-state index in [2.05, 4.69) is 25.9 Å². The Morgan fingerprint density at radius 2 is 2.04 bits per heavy atom. The van der Waals surface area contributed by atoms with Crippen LogP contribution in [0, 0.1) is 13.8 Å². The first kappa shape index (κ1) is 16.8. The number of anilines is 2. The maximum absolute atomic E-state index is 5.60. The van der Waals surface area contributed by atoms with Gasteiger partial charge in [0, 0.05) is 30.1 Å². The highest BCUT2D eigenvalue weighted by Gasteiger charge is 2.26. The number of hydrogen-bond donors (Lipinski definition) is 1. The van der Waals surface area contributed by atoms with E-state index in [-0.39, 0.29) is 0 Å². The molecule has 0 bridgehead atoms. The van der Waals surface area contributed by atoms with Crippen molar-refractivity contribution in [3.63, 3.8) is 0 Å². The topological polar surface area (TPSA) is 77.5 Å². The molecule has 1 saturated carbocycles. The van der Waals surface area contributed by atoms with Crippen LogP contribution in [0.1, 0.15) is 35.8 Å². The van der Waals surface area contributed by atoms with E-state index >= 15 is 0 Å². The van der Waals surface area contributed by atoms with Gasteiger partial charge in [0.05, 0.1) is 29.8 Å². The molecule has 0 amide bonds. The summed E-state index contributed by atoms with van der Waals surface area (Å²) in [4.78, 5) is 13.6. The predicted octanol–water partition coefficient (Wildman–Crippen LogP) is 4.63. The van der Waals surface area contributed by atoms with Crippen LogP contribution in [0.5, 0.6) is 5.75 Å². The number of benzene rings is 1. The third-order valence-electron chi connectivity index (χ3n) is 5.03. The molecular formula is C21H21N5O2. The van der Waals surface area contributed by atoms with Crippen LogP contribution >= 0.6 is 0 Å². The van der Waals surface area contributed by atoms with Crippen molar-refractivity contribution in [1.82, 2.24) is 19.4 Å². The Labute approximate surface area is 162 Å². The minimum atomic E-state index is 0.555. The summed E-state index contributed by atoms with van der Waals surface area (Å²) >= 11 is 0. The molecule has 0 saturated heterocycles. The Morgan fingerprint density at radius 1 is 1.18 bits per heavy atom. The number of nitrogens with zero attached hydrogens (tertiary/aromatic N) is 4. The molecule has 1 fully saturated rings. The van der Waals surface area contributed by atoms with Crippen LogP contribution in [0.25, 0.3) is 17.0 Å². The van der Waals surface area contributed by atoms with Gasteiger partial charge in [-0.1, -0.05) is 0 Å². The van der Waals surface area contributed by atoms with E-state index in [0.29, 0.717) is 17.4 Å². The van der Waals surface area contributed by atoms with Gasteiger partial charge in [0.2, 0.25) is 0 Å². The number of rotatable bonds is 5. The quantitative estimate of drug-likeness (QED) is 0.548. The van der Waals surface area contributed by atoms with E-state index in [1.54, 1.807) is 7.11 Å². The van der Waals surface area contributed by atoms with Gasteiger partial charge in [-0.2, -0.15) is 0 Å². The highest BCUT2D eigenvalue weighted by Crippen LogP contribution is 2.40.